The van der Waals surface area contributed by atoms with Crippen molar-refractivity contribution in [2.45, 2.75) is 57.5 Å². The van der Waals surface area contributed by atoms with Crippen LogP contribution in [0.5, 0.6) is 0 Å². The maximum Gasteiger partial charge on any atom is 0.290 e. The van der Waals surface area contributed by atoms with E-state index in [1.807, 2.05) is 6.92 Å². The maximum absolute atomic E-state index is 14.1. The number of aromatic nitrogens is 1. The Kier molecular flexibility index (Phi) is 5.15. The first kappa shape index (κ1) is 18.7. The van der Waals surface area contributed by atoms with Crippen LogP contribution in [0.3, 0.4) is 0 Å². The summed E-state index contributed by atoms with van der Waals surface area (Å²) in [6.07, 6.45) is 4.94. The Balaban J connectivity index is 1.48. The molecule has 0 spiro atoms. The molecule has 1 N–H and O–H groups in total. The molecule has 1 aromatic heterocycles. The molecule has 0 saturated carbocycles. The van der Waals surface area contributed by atoms with Crippen LogP contribution in [0.4, 0.5) is 4.39 Å². The van der Waals surface area contributed by atoms with Gasteiger partial charge in [0.1, 0.15) is 11.9 Å². The summed E-state index contributed by atoms with van der Waals surface area (Å²) in [5.74, 6) is -0.692. The summed E-state index contributed by atoms with van der Waals surface area (Å²) in [6.45, 7) is 2.35. The van der Waals surface area contributed by atoms with Crippen molar-refractivity contribution in [2.24, 2.45) is 0 Å². The molecular weight excluding hydrogens is 361 g/mol. The molecule has 0 radical (unpaired) electrons. The van der Waals surface area contributed by atoms with Crippen LogP contribution in [-0.4, -0.2) is 34.5 Å². The standard InChI is InChI=1S/C21H24FN3O3/c1-13(14-7-2-4-9-16(14)22)25-12-6-11-18(21(25)27)23-20(26)19-15-8-3-5-10-17(15)24-28-19/h2,4,7,9,13,18H,3,5-6,8,10-12H2,1H3,(H,23,26). The van der Waals surface area contributed by atoms with E-state index >= 15 is 0 Å². The first-order valence-corrected chi connectivity index (χ1v) is 9.89. The van der Waals surface area contributed by atoms with Crippen molar-refractivity contribution < 1.29 is 18.5 Å². The van der Waals surface area contributed by atoms with E-state index < -0.39 is 18.0 Å². The number of fused-ring (bicyclic) bond motifs is 1. The molecule has 4 rings (SSSR count). The summed E-state index contributed by atoms with van der Waals surface area (Å²) in [5.41, 5.74) is 2.19. The SMILES string of the molecule is CC(c1ccccc1F)N1CCCC(NC(=O)c2onc3c2CCCC3)C1=O. The number of piperidine rings is 1. The van der Waals surface area contributed by atoms with Gasteiger partial charge in [-0.05, 0) is 51.5 Å². The number of hydrogen-bond donors (Lipinski definition) is 1. The Morgan fingerprint density at radius 1 is 1.29 bits per heavy atom. The average molecular weight is 385 g/mol. The monoisotopic (exact) mass is 385 g/mol. The highest BCUT2D eigenvalue weighted by Gasteiger charge is 2.35. The van der Waals surface area contributed by atoms with Crippen LogP contribution in [0.2, 0.25) is 0 Å². The largest absolute Gasteiger partial charge is 0.350 e. The third-order valence-electron chi connectivity index (χ3n) is 5.77. The fourth-order valence-corrected chi connectivity index (χ4v) is 4.19. The molecule has 1 aliphatic heterocycles. The molecule has 2 amide bonds. The molecule has 1 saturated heterocycles. The van der Waals surface area contributed by atoms with Crippen molar-refractivity contribution in [1.29, 1.82) is 0 Å². The lowest BCUT2D eigenvalue weighted by molar-refractivity contribution is -0.138. The zero-order valence-electron chi connectivity index (χ0n) is 15.9. The predicted molar refractivity (Wildman–Crippen MR) is 100 cm³/mol. The quantitative estimate of drug-likeness (QED) is 0.877. The number of carbonyl (C=O) groups excluding carboxylic acids is 2. The lowest BCUT2D eigenvalue weighted by atomic mass is 9.95. The Morgan fingerprint density at radius 2 is 2.07 bits per heavy atom. The molecule has 1 aliphatic carbocycles. The Morgan fingerprint density at radius 3 is 2.89 bits per heavy atom. The van der Waals surface area contributed by atoms with Gasteiger partial charge in [-0.25, -0.2) is 4.39 Å². The first-order valence-electron chi connectivity index (χ1n) is 9.89. The van der Waals surface area contributed by atoms with Crippen LogP contribution in [-0.2, 0) is 17.6 Å². The van der Waals surface area contributed by atoms with Gasteiger partial charge in [-0.3, -0.25) is 9.59 Å². The second-order valence-electron chi connectivity index (χ2n) is 7.54. The maximum atomic E-state index is 14.1. The van der Waals surface area contributed by atoms with E-state index in [1.54, 1.807) is 23.1 Å². The van der Waals surface area contributed by atoms with Crippen LogP contribution in [0.1, 0.15) is 66.0 Å². The third-order valence-corrected chi connectivity index (χ3v) is 5.77. The number of amides is 2. The van der Waals surface area contributed by atoms with Gasteiger partial charge in [-0.15, -0.1) is 0 Å². The average Bonchev–Trinajstić information content (AvgIpc) is 3.14. The molecule has 7 heteroatoms. The summed E-state index contributed by atoms with van der Waals surface area (Å²) in [6, 6.07) is 5.44. The van der Waals surface area contributed by atoms with Crippen LogP contribution in [0.25, 0.3) is 0 Å². The Labute approximate surface area is 163 Å². The number of carbonyl (C=O) groups is 2. The van der Waals surface area contributed by atoms with Gasteiger partial charge < -0.3 is 14.7 Å². The fraction of sp³-hybridized carbons (Fsp3) is 0.476. The molecule has 6 nitrogen and oxygen atoms in total. The minimum absolute atomic E-state index is 0.191. The molecule has 28 heavy (non-hydrogen) atoms. The van der Waals surface area contributed by atoms with Crippen LogP contribution >= 0.6 is 0 Å². The van der Waals surface area contributed by atoms with Gasteiger partial charge in [0.05, 0.1) is 11.7 Å². The van der Waals surface area contributed by atoms with Crippen LogP contribution in [0.15, 0.2) is 28.8 Å². The van der Waals surface area contributed by atoms with Crippen molar-refractivity contribution in [3.8, 4) is 0 Å². The van der Waals surface area contributed by atoms with Gasteiger partial charge in [0.25, 0.3) is 5.91 Å². The normalized spacial score (nSPS) is 20.6. The molecule has 0 bridgehead atoms. The van der Waals surface area contributed by atoms with Crippen molar-refractivity contribution in [1.82, 2.24) is 15.4 Å². The number of hydrogen-bond acceptors (Lipinski definition) is 4. The Hall–Kier alpha value is -2.70. The smallest absolute Gasteiger partial charge is 0.290 e. The number of aryl methyl sites for hydroxylation is 1. The van der Waals surface area contributed by atoms with Gasteiger partial charge in [0, 0.05) is 17.7 Å². The van der Waals surface area contributed by atoms with Gasteiger partial charge in [0.15, 0.2) is 0 Å². The number of likely N-dealkylation sites (tertiary alicyclic amines) is 1. The van der Waals surface area contributed by atoms with E-state index in [0.29, 0.717) is 18.5 Å². The minimum Gasteiger partial charge on any atom is -0.350 e. The summed E-state index contributed by atoms with van der Waals surface area (Å²) >= 11 is 0. The summed E-state index contributed by atoms with van der Waals surface area (Å²) < 4.78 is 19.4. The number of nitrogens with one attached hydrogen (secondary N) is 1. The summed E-state index contributed by atoms with van der Waals surface area (Å²) in [7, 11) is 0. The van der Waals surface area contributed by atoms with Crippen LogP contribution < -0.4 is 5.32 Å². The van der Waals surface area contributed by atoms with E-state index in [2.05, 4.69) is 10.5 Å². The highest BCUT2D eigenvalue weighted by Crippen LogP contribution is 2.28. The van der Waals surface area contributed by atoms with Gasteiger partial charge in [-0.1, -0.05) is 23.4 Å². The summed E-state index contributed by atoms with van der Waals surface area (Å²) in [4.78, 5) is 27.3. The van der Waals surface area contributed by atoms with E-state index in [9.17, 15) is 14.0 Å². The number of rotatable bonds is 4. The molecule has 1 aromatic carbocycles. The zero-order chi connectivity index (χ0) is 19.7. The second kappa shape index (κ2) is 7.73. The molecule has 2 heterocycles. The van der Waals surface area contributed by atoms with Crippen molar-refractivity contribution in [3.63, 3.8) is 0 Å². The highest BCUT2D eigenvalue weighted by molar-refractivity contribution is 5.97. The minimum atomic E-state index is -0.639. The number of halogens is 1. The predicted octanol–water partition coefficient (Wildman–Crippen LogP) is 3.17. The zero-order valence-corrected chi connectivity index (χ0v) is 15.9. The van der Waals surface area contributed by atoms with Crippen molar-refractivity contribution in [2.75, 3.05) is 6.54 Å². The molecule has 2 atom stereocenters. The van der Waals surface area contributed by atoms with E-state index in [-0.39, 0.29) is 17.5 Å². The highest BCUT2D eigenvalue weighted by atomic mass is 19.1. The number of benzene rings is 1. The third kappa shape index (κ3) is 3.41. The van der Waals surface area contributed by atoms with Gasteiger partial charge >= 0.3 is 0 Å². The second-order valence-corrected chi connectivity index (χ2v) is 7.54. The van der Waals surface area contributed by atoms with E-state index in [1.165, 1.54) is 6.07 Å². The van der Waals surface area contributed by atoms with Gasteiger partial charge in [0.2, 0.25) is 11.7 Å². The van der Waals surface area contributed by atoms with E-state index in [0.717, 1.165) is 43.4 Å². The number of nitrogens with zero attached hydrogens (tertiary/aromatic N) is 2. The van der Waals surface area contributed by atoms with Crippen LogP contribution in [0, 0.1) is 5.82 Å². The van der Waals surface area contributed by atoms with Crippen molar-refractivity contribution >= 4 is 11.8 Å². The topological polar surface area (TPSA) is 75.4 Å². The molecule has 148 valence electrons. The molecule has 1 fully saturated rings. The lowest BCUT2D eigenvalue weighted by Crippen LogP contribution is -2.53. The molecular formula is C21H24FN3O3. The molecule has 2 aromatic rings. The Bertz CT molecular complexity index is 895. The molecule has 2 unspecified atom stereocenters. The fourth-order valence-electron chi connectivity index (χ4n) is 4.19. The first-order chi connectivity index (χ1) is 13.6. The van der Waals surface area contributed by atoms with E-state index in [4.69, 9.17) is 4.52 Å². The molecule has 2 aliphatic rings. The van der Waals surface area contributed by atoms with Crippen molar-refractivity contribution in [3.05, 3.63) is 52.7 Å². The lowest BCUT2D eigenvalue weighted by Gasteiger charge is -2.37. The summed E-state index contributed by atoms with van der Waals surface area (Å²) in [5, 5.41) is 6.82. The van der Waals surface area contributed by atoms with Gasteiger partial charge in [-0.2, -0.15) is 0 Å².